The van der Waals surface area contributed by atoms with Crippen molar-refractivity contribution in [1.82, 2.24) is 4.67 Å². The predicted molar refractivity (Wildman–Crippen MR) is 45.2 cm³/mol. The van der Waals surface area contributed by atoms with Crippen LogP contribution in [0.3, 0.4) is 0 Å². The second-order valence-corrected chi connectivity index (χ2v) is 4.94. The SMILES string of the molecule is CN(C)P(=O)(OCC(F)F)OCC(F)F. The summed E-state index contributed by atoms with van der Waals surface area (Å²) in [6.45, 7) is -2.25. The molecular formula is C6H12F4NO3P. The minimum atomic E-state index is -4.03. The summed E-state index contributed by atoms with van der Waals surface area (Å²) in [6.07, 6.45) is -5.68. The fourth-order valence-corrected chi connectivity index (χ4v) is 1.71. The normalized spacial score (nSPS) is 13.1. The van der Waals surface area contributed by atoms with Gasteiger partial charge in [-0.25, -0.2) is 26.8 Å². The second kappa shape index (κ2) is 6.42. The molecule has 0 rings (SSSR count). The summed E-state index contributed by atoms with van der Waals surface area (Å²) in [6, 6.07) is 0. The van der Waals surface area contributed by atoms with Crippen LogP contribution in [0.4, 0.5) is 17.6 Å². The Morgan fingerprint density at radius 3 is 1.60 bits per heavy atom. The fourth-order valence-electron chi connectivity index (χ4n) is 0.569. The van der Waals surface area contributed by atoms with Crippen LogP contribution in [0.15, 0.2) is 0 Å². The Labute approximate surface area is 84.7 Å². The zero-order valence-electron chi connectivity index (χ0n) is 8.20. The average Bonchev–Trinajstić information content (AvgIpc) is 2.11. The molecular weight excluding hydrogens is 241 g/mol. The van der Waals surface area contributed by atoms with Gasteiger partial charge >= 0.3 is 7.75 Å². The van der Waals surface area contributed by atoms with E-state index in [0.717, 1.165) is 4.67 Å². The van der Waals surface area contributed by atoms with Gasteiger partial charge in [0.05, 0.1) is 0 Å². The Hall–Kier alpha value is -0.170. The third-order valence-electron chi connectivity index (χ3n) is 1.22. The third kappa shape index (κ3) is 6.09. The van der Waals surface area contributed by atoms with Crippen LogP contribution in [0, 0.1) is 0 Å². The molecule has 15 heavy (non-hydrogen) atoms. The standard InChI is InChI=1S/C6H12F4NO3P/c1-11(2)15(12,13-3-5(7)8)14-4-6(9)10/h5-6H,3-4H2,1-2H3. The first kappa shape index (κ1) is 14.8. The highest BCUT2D eigenvalue weighted by atomic mass is 31.2. The maximum atomic E-state index is 11.8. The lowest BCUT2D eigenvalue weighted by Gasteiger charge is -2.23. The molecule has 0 amide bonds. The van der Waals surface area contributed by atoms with E-state index in [-0.39, 0.29) is 0 Å². The highest BCUT2D eigenvalue weighted by Gasteiger charge is 2.30. The maximum absolute atomic E-state index is 11.8. The van der Waals surface area contributed by atoms with Crippen LogP contribution >= 0.6 is 7.75 Å². The van der Waals surface area contributed by atoms with E-state index in [2.05, 4.69) is 9.05 Å². The summed E-state index contributed by atoms with van der Waals surface area (Å²) in [4.78, 5) is 0. The summed E-state index contributed by atoms with van der Waals surface area (Å²) in [5, 5.41) is 0. The van der Waals surface area contributed by atoms with Gasteiger partial charge < -0.3 is 0 Å². The number of hydrogen-bond donors (Lipinski definition) is 0. The molecule has 0 fully saturated rings. The van der Waals surface area contributed by atoms with Gasteiger partial charge in [0.2, 0.25) is 0 Å². The van der Waals surface area contributed by atoms with E-state index in [9.17, 15) is 22.1 Å². The number of hydrogen-bond acceptors (Lipinski definition) is 3. The lowest BCUT2D eigenvalue weighted by molar-refractivity contribution is 0.0371. The topological polar surface area (TPSA) is 38.8 Å². The van der Waals surface area contributed by atoms with E-state index >= 15 is 0 Å². The monoisotopic (exact) mass is 253 g/mol. The van der Waals surface area contributed by atoms with Crippen molar-refractivity contribution >= 4 is 7.75 Å². The van der Waals surface area contributed by atoms with Crippen LogP contribution in [-0.4, -0.2) is 44.8 Å². The van der Waals surface area contributed by atoms with Crippen LogP contribution in [0.5, 0.6) is 0 Å². The van der Waals surface area contributed by atoms with Crippen LogP contribution in [-0.2, 0) is 13.6 Å². The maximum Gasteiger partial charge on any atom is 0.408 e. The molecule has 0 spiro atoms. The molecule has 0 bridgehead atoms. The van der Waals surface area contributed by atoms with Gasteiger partial charge in [0.25, 0.3) is 12.9 Å². The van der Waals surface area contributed by atoms with E-state index in [1.165, 1.54) is 14.1 Å². The zero-order chi connectivity index (χ0) is 12.1. The van der Waals surface area contributed by atoms with Crippen LogP contribution in [0.25, 0.3) is 0 Å². The van der Waals surface area contributed by atoms with Gasteiger partial charge in [-0.1, -0.05) is 0 Å². The van der Waals surface area contributed by atoms with Crippen molar-refractivity contribution in [1.29, 1.82) is 0 Å². The molecule has 0 radical (unpaired) electrons. The van der Waals surface area contributed by atoms with Gasteiger partial charge in [-0.2, -0.15) is 0 Å². The van der Waals surface area contributed by atoms with E-state index in [0.29, 0.717) is 0 Å². The van der Waals surface area contributed by atoms with Gasteiger partial charge in [0, 0.05) is 0 Å². The molecule has 0 aromatic heterocycles. The smallest absolute Gasteiger partial charge is 0.291 e. The Morgan fingerprint density at radius 2 is 1.40 bits per heavy atom. The highest BCUT2D eigenvalue weighted by molar-refractivity contribution is 7.51. The Balaban J connectivity index is 4.26. The van der Waals surface area contributed by atoms with Crippen molar-refractivity contribution in [2.24, 2.45) is 0 Å². The fraction of sp³-hybridized carbons (Fsp3) is 1.00. The van der Waals surface area contributed by atoms with E-state index in [4.69, 9.17) is 0 Å². The van der Waals surface area contributed by atoms with E-state index in [1.54, 1.807) is 0 Å². The van der Waals surface area contributed by atoms with Gasteiger partial charge in [0.15, 0.2) is 0 Å². The molecule has 0 aromatic rings. The zero-order valence-corrected chi connectivity index (χ0v) is 9.09. The summed E-state index contributed by atoms with van der Waals surface area (Å²) in [7, 11) is -1.59. The van der Waals surface area contributed by atoms with Crippen LogP contribution in [0.2, 0.25) is 0 Å². The first-order valence-corrected chi connectivity index (χ1v) is 5.40. The molecule has 0 saturated heterocycles. The largest absolute Gasteiger partial charge is 0.408 e. The quantitative estimate of drug-likeness (QED) is 0.515. The van der Waals surface area contributed by atoms with Crippen LogP contribution < -0.4 is 0 Å². The molecule has 0 aliphatic heterocycles. The molecule has 4 nitrogen and oxygen atoms in total. The van der Waals surface area contributed by atoms with Crippen LogP contribution in [0.1, 0.15) is 0 Å². The lowest BCUT2D eigenvalue weighted by atomic mass is 10.8. The van der Waals surface area contributed by atoms with Crippen molar-refractivity contribution in [2.75, 3.05) is 27.3 Å². The number of alkyl halides is 4. The minimum absolute atomic E-state index is 0.859. The number of rotatable bonds is 7. The number of nitrogens with zero attached hydrogens (tertiary/aromatic N) is 1. The van der Waals surface area contributed by atoms with E-state index < -0.39 is 33.8 Å². The Kier molecular flexibility index (Phi) is 6.35. The van der Waals surface area contributed by atoms with E-state index in [1.807, 2.05) is 0 Å². The van der Waals surface area contributed by atoms with Gasteiger partial charge in [-0.05, 0) is 14.1 Å². The predicted octanol–water partition coefficient (Wildman–Crippen LogP) is 2.22. The molecule has 0 N–H and O–H groups in total. The number of halogens is 4. The molecule has 0 aliphatic carbocycles. The van der Waals surface area contributed by atoms with Crippen molar-refractivity contribution in [3.63, 3.8) is 0 Å². The summed E-state index contributed by atoms with van der Waals surface area (Å²) in [5.41, 5.74) is 0. The first-order valence-electron chi connectivity index (χ1n) is 3.91. The minimum Gasteiger partial charge on any atom is -0.291 e. The van der Waals surface area contributed by atoms with Gasteiger partial charge in [0.1, 0.15) is 13.2 Å². The van der Waals surface area contributed by atoms with Crippen molar-refractivity contribution in [3.8, 4) is 0 Å². The third-order valence-corrected chi connectivity index (χ3v) is 3.15. The Bertz CT molecular complexity index is 210. The van der Waals surface area contributed by atoms with Gasteiger partial charge in [-0.15, -0.1) is 0 Å². The average molecular weight is 253 g/mol. The molecule has 92 valence electrons. The van der Waals surface area contributed by atoms with Crippen molar-refractivity contribution < 1.29 is 31.2 Å². The van der Waals surface area contributed by atoms with Crippen molar-refractivity contribution in [3.05, 3.63) is 0 Å². The molecule has 0 aliphatic rings. The molecule has 0 saturated carbocycles. The molecule has 0 unspecified atom stereocenters. The molecule has 9 heteroatoms. The van der Waals surface area contributed by atoms with Gasteiger partial charge in [-0.3, -0.25) is 9.05 Å². The molecule has 0 aromatic carbocycles. The summed E-state index contributed by atoms with van der Waals surface area (Å²) < 4.78 is 68.0. The highest BCUT2D eigenvalue weighted by Crippen LogP contribution is 2.50. The Morgan fingerprint density at radius 1 is 1.07 bits per heavy atom. The second-order valence-electron chi connectivity index (χ2n) is 2.69. The lowest BCUT2D eigenvalue weighted by Crippen LogP contribution is -2.18. The first-order chi connectivity index (χ1) is 6.78. The molecule has 0 heterocycles. The molecule has 0 atom stereocenters. The summed E-state index contributed by atoms with van der Waals surface area (Å²) >= 11 is 0. The summed E-state index contributed by atoms with van der Waals surface area (Å²) in [5.74, 6) is 0. The van der Waals surface area contributed by atoms with Crippen molar-refractivity contribution in [2.45, 2.75) is 12.9 Å².